The summed E-state index contributed by atoms with van der Waals surface area (Å²) in [6.07, 6.45) is 3.92. The van der Waals surface area contributed by atoms with Crippen LogP contribution in [0.25, 0.3) is 0 Å². The number of aryl methyl sites for hydroxylation is 2. The molecule has 26 heavy (non-hydrogen) atoms. The number of hydrogen-bond donors (Lipinski definition) is 1. The number of carboxylic acids is 1. The van der Waals surface area contributed by atoms with Gasteiger partial charge in [-0.15, -0.1) is 0 Å². The van der Waals surface area contributed by atoms with E-state index in [0.29, 0.717) is 25.4 Å². The molecule has 7 heteroatoms. The summed E-state index contributed by atoms with van der Waals surface area (Å²) in [5.74, 6) is -0.338. The van der Waals surface area contributed by atoms with Crippen molar-refractivity contribution in [3.63, 3.8) is 0 Å². The third-order valence-electron chi connectivity index (χ3n) is 4.77. The van der Waals surface area contributed by atoms with Gasteiger partial charge in [0, 0.05) is 25.9 Å². The first-order valence-electron chi connectivity index (χ1n) is 8.66. The minimum absolute atomic E-state index is 0.0667. The third-order valence-corrected chi connectivity index (χ3v) is 4.77. The van der Waals surface area contributed by atoms with Gasteiger partial charge in [-0.3, -0.25) is 9.59 Å². The number of carboxylic acid groups (broad SMARTS) is 1. The van der Waals surface area contributed by atoms with Crippen molar-refractivity contribution in [2.24, 2.45) is 13.0 Å². The van der Waals surface area contributed by atoms with Crippen molar-refractivity contribution in [2.75, 3.05) is 13.2 Å². The number of likely N-dealkylation sites (tertiary alicyclic amines) is 1. The van der Waals surface area contributed by atoms with Crippen LogP contribution in [0.15, 0.2) is 36.7 Å². The highest BCUT2D eigenvalue weighted by atomic mass is 16.5. The van der Waals surface area contributed by atoms with Crippen molar-refractivity contribution in [1.29, 1.82) is 0 Å². The second kappa shape index (κ2) is 7.59. The molecule has 1 aromatic heterocycles. The standard InChI is InChI=1S/C19H23N3O4/c1-13-3-5-14(6-4-13)26-12-11-22-16(23)8-7-15(19(24)25)17(22)18-20-9-10-21(18)2/h3-6,9-10,15,17H,7-8,11-12H2,1-2H3,(H,24,25)/t15-,17-/m0/s1. The summed E-state index contributed by atoms with van der Waals surface area (Å²) in [5.41, 5.74) is 1.14. The molecule has 0 bridgehead atoms. The fourth-order valence-electron chi connectivity index (χ4n) is 3.35. The molecule has 3 rings (SSSR count). The lowest BCUT2D eigenvalue weighted by Crippen LogP contribution is -2.47. The van der Waals surface area contributed by atoms with Gasteiger partial charge in [-0.1, -0.05) is 17.7 Å². The highest BCUT2D eigenvalue weighted by Crippen LogP contribution is 2.35. The second-order valence-corrected chi connectivity index (χ2v) is 6.57. The summed E-state index contributed by atoms with van der Waals surface area (Å²) in [7, 11) is 1.81. The second-order valence-electron chi connectivity index (χ2n) is 6.57. The summed E-state index contributed by atoms with van der Waals surface area (Å²) in [4.78, 5) is 30.1. The number of benzene rings is 1. The molecule has 1 fully saturated rings. The monoisotopic (exact) mass is 357 g/mol. The number of ether oxygens (including phenoxy) is 1. The van der Waals surface area contributed by atoms with E-state index in [1.54, 1.807) is 28.9 Å². The molecule has 0 radical (unpaired) electrons. The Morgan fingerprint density at radius 1 is 1.35 bits per heavy atom. The van der Waals surface area contributed by atoms with Gasteiger partial charge >= 0.3 is 5.97 Å². The van der Waals surface area contributed by atoms with Gasteiger partial charge in [0.2, 0.25) is 5.91 Å². The lowest BCUT2D eigenvalue weighted by atomic mass is 9.88. The van der Waals surface area contributed by atoms with E-state index in [9.17, 15) is 14.7 Å². The Bertz CT molecular complexity index is 784. The van der Waals surface area contributed by atoms with Crippen LogP contribution in [-0.2, 0) is 16.6 Å². The number of nitrogens with zero attached hydrogens (tertiary/aromatic N) is 3. The Balaban J connectivity index is 1.76. The van der Waals surface area contributed by atoms with Crippen LogP contribution in [0, 0.1) is 12.8 Å². The summed E-state index contributed by atoms with van der Waals surface area (Å²) in [6, 6.07) is 7.08. The molecule has 0 saturated carbocycles. The number of carbonyl (C=O) groups excluding carboxylic acids is 1. The molecule has 1 aliphatic rings. The molecule has 0 aliphatic carbocycles. The summed E-state index contributed by atoms with van der Waals surface area (Å²) >= 11 is 0. The van der Waals surface area contributed by atoms with Gasteiger partial charge in [-0.2, -0.15) is 0 Å². The van der Waals surface area contributed by atoms with Gasteiger partial charge in [0.15, 0.2) is 0 Å². The number of rotatable bonds is 6. The minimum Gasteiger partial charge on any atom is -0.492 e. The van der Waals surface area contributed by atoms with E-state index in [1.807, 2.05) is 31.2 Å². The Kier molecular flexibility index (Phi) is 5.25. The van der Waals surface area contributed by atoms with E-state index in [-0.39, 0.29) is 12.3 Å². The highest BCUT2D eigenvalue weighted by molar-refractivity contribution is 5.81. The molecule has 0 spiro atoms. The molecule has 2 aromatic rings. The molecular formula is C19H23N3O4. The Morgan fingerprint density at radius 2 is 2.08 bits per heavy atom. The van der Waals surface area contributed by atoms with E-state index in [0.717, 1.165) is 11.3 Å². The van der Waals surface area contributed by atoms with E-state index in [4.69, 9.17) is 4.74 Å². The predicted molar refractivity (Wildman–Crippen MR) is 94.7 cm³/mol. The first-order valence-corrected chi connectivity index (χ1v) is 8.66. The van der Waals surface area contributed by atoms with Crippen molar-refractivity contribution in [1.82, 2.24) is 14.5 Å². The molecule has 1 aromatic carbocycles. The van der Waals surface area contributed by atoms with Gasteiger partial charge < -0.3 is 19.3 Å². The van der Waals surface area contributed by atoms with Gasteiger partial charge in [-0.05, 0) is 25.5 Å². The fraction of sp³-hybridized carbons (Fsp3) is 0.421. The number of hydrogen-bond acceptors (Lipinski definition) is 4. The maximum atomic E-state index is 12.5. The first kappa shape index (κ1) is 18.0. The molecule has 1 N–H and O–H groups in total. The Labute approximate surface area is 152 Å². The van der Waals surface area contributed by atoms with Crippen LogP contribution in [0.4, 0.5) is 0 Å². The summed E-state index contributed by atoms with van der Waals surface area (Å²) in [6.45, 7) is 2.61. The summed E-state index contributed by atoms with van der Waals surface area (Å²) < 4.78 is 7.51. The Morgan fingerprint density at radius 3 is 2.69 bits per heavy atom. The molecule has 0 unspecified atom stereocenters. The average molecular weight is 357 g/mol. The van der Waals surface area contributed by atoms with E-state index in [1.165, 1.54) is 0 Å². The maximum Gasteiger partial charge on any atom is 0.309 e. The summed E-state index contributed by atoms with van der Waals surface area (Å²) in [5, 5.41) is 9.63. The van der Waals surface area contributed by atoms with E-state index < -0.39 is 17.9 Å². The molecule has 2 heterocycles. The van der Waals surface area contributed by atoms with Crippen LogP contribution in [0.3, 0.4) is 0 Å². The molecule has 138 valence electrons. The lowest BCUT2D eigenvalue weighted by molar-refractivity contribution is -0.152. The SMILES string of the molecule is Cc1ccc(OCCN2C(=O)CC[C@H](C(=O)O)[C@H]2c2nccn2C)cc1. The fourth-order valence-corrected chi connectivity index (χ4v) is 3.35. The number of piperidine rings is 1. The molecule has 7 nitrogen and oxygen atoms in total. The zero-order valence-electron chi connectivity index (χ0n) is 15.0. The number of carbonyl (C=O) groups is 2. The van der Waals surface area contributed by atoms with Crippen molar-refractivity contribution in [3.05, 3.63) is 48.0 Å². The quantitative estimate of drug-likeness (QED) is 0.856. The van der Waals surface area contributed by atoms with E-state index >= 15 is 0 Å². The van der Waals surface area contributed by atoms with Crippen molar-refractivity contribution in [3.8, 4) is 5.75 Å². The predicted octanol–water partition coefficient (Wildman–Crippen LogP) is 2.17. The topological polar surface area (TPSA) is 84.7 Å². The van der Waals surface area contributed by atoms with Crippen LogP contribution in [0.2, 0.25) is 0 Å². The van der Waals surface area contributed by atoms with Crippen LogP contribution >= 0.6 is 0 Å². The molecular weight excluding hydrogens is 334 g/mol. The number of imidazole rings is 1. The smallest absolute Gasteiger partial charge is 0.309 e. The van der Waals surface area contributed by atoms with Gasteiger partial charge in [-0.25, -0.2) is 4.98 Å². The minimum atomic E-state index is -0.907. The maximum absolute atomic E-state index is 12.5. The largest absolute Gasteiger partial charge is 0.492 e. The number of aliphatic carboxylic acids is 1. The molecule has 1 aliphatic heterocycles. The Hall–Kier alpha value is -2.83. The van der Waals surface area contributed by atoms with Crippen LogP contribution in [0.1, 0.15) is 30.3 Å². The molecule has 1 saturated heterocycles. The zero-order chi connectivity index (χ0) is 18.7. The van der Waals surface area contributed by atoms with Crippen LogP contribution in [-0.4, -0.2) is 44.6 Å². The number of aromatic nitrogens is 2. The average Bonchev–Trinajstić information content (AvgIpc) is 3.03. The normalized spacial score (nSPS) is 20.2. The van der Waals surface area contributed by atoms with Crippen molar-refractivity contribution >= 4 is 11.9 Å². The molecule has 2 atom stereocenters. The zero-order valence-corrected chi connectivity index (χ0v) is 15.0. The van der Waals surface area contributed by atoms with Crippen molar-refractivity contribution in [2.45, 2.75) is 25.8 Å². The van der Waals surface area contributed by atoms with Gasteiger partial charge in [0.25, 0.3) is 0 Å². The molecule has 1 amide bonds. The van der Waals surface area contributed by atoms with Crippen LogP contribution in [0.5, 0.6) is 5.75 Å². The number of amides is 1. The lowest BCUT2D eigenvalue weighted by Gasteiger charge is -2.38. The van der Waals surface area contributed by atoms with E-state index in [2.05, 4.69) is 4.98 Å². The van der Waals surface area contributed by atoms with Gasteiger partial charge in [0.05, 0.1) is 12.5 Å². The first-order chi connectivity index (χ1) is 12.5. The van der Waals surface area contributed by atoms with Gasteiger partial charge in [0.1, 0.15) is 24.2 Å². The highest BCUT2D eigenvalue weighted by Gasteiger charge is 2.42. The third kappa shape index (κ3) is 3.71. The van der Waals surface area contributed by atoms with Crippen LogP contribution < -0.4 is 4.74 Å². The van der Waals surface area contributed by atoms with Crippen molar-refractivity contribution < 1.29 is 19.4 Å².